The summed E-state index contributed by atoms with van der Waals surface area (Å²) in [7, 11) is 1.37. The van der Waals surface area contributed by atoms with Gasteiger partial charge in [-0.05, 0) is 29.2 Å². The number of carbonyl (C=O) groups is 1. The average Bonchev–Trinajstić information content (AvgIpc) is 2.67. The van der Waals surface area contributed by atoms with Crippen LogP contribution in [-0.2, 0) is 16.0 Å². The number of rotatable bonds is 5. The fraction of sp³-hybridized carbons (Fsp3) is 0.143. The Morgan fingerprint density at radius 3 is 2.64 bits per heavy atom. The molecule has 0 N–H and O–H groups in total. The lowest BCUT2D eigenvalue weighted by Gasteiger charge is -2.10. The Labute approximate surface area is 146 Å². The van der Waals surface area contributed by atoms with Gasteiger partial charge in [-0.2, -0.15) is 0 Å². The van der Waals surface area contributed by atoms with Gasteiger partial charge in [0.05, 0.1) is 7.11 Å². The van der Waals surface area contributed by atoms with Crippen molar-refractivity contribution in [1.82, 2.24) is 0 Å². The molecular weight excluding hydrogens is 314 g/mol. The minimum Gasteiger partial charge on any atom is -0.467 e. The average molecular weight is 333 g/mol. The molecule has 3 rings (SSSR count). The number of methoxy groups -OCH3 is 1. The van der Waals surface area contributed by atoms with Crippen molar-refractivity contribution in [2.24, 2.45) is 4.99 Å². The summed E-state index contributed by atoms with van der Waals surface area (Å²) in [6.45, 7) is 3.75. The Morgan fingerprint density at radius 1 is 1.20 bits per heavy atom. The molecule has 0 amide bonds. The zero-order chi connectivity index (χ0) is 17.6. The Balaban J connectivity index is 2.12. The number of hydrogen-bond acceptors (Lipinski definition) is 4. The van der Waals surface area contributed by atoms with Crippen molar-refractivity contribution in [3.63, 3.8) is 0 Å². The van der Waals surface area contributed by atoms with E-state index in [9.17, 15) is 4.79 Å². The van der Waals surface area contributed by atoms with Crippen molar-refractivity contribution in [2.75, 3.05) is 7.11 Å². The highest BCUT2D eigenvalue weighted by Crippen LogP contribution is 2.14. The fourth-order valence-electron chi connectivity index (χ4n) is 2.66. The maximum Gasteiger partial charge on any atom is 0.331 e. The van der Waals surface area contributed by atoms with Gasteiger partial charge in [0.2, 0.25) is 5.55 Å². The molecule has 0 spiro atoms. The molecule has 4 heteroatoms. The zero-order valence-corrected chi connectivity index (χ0v) is 14.0. The van der Waals surface area contributed by atoms with Crippen LogP contribution in [0.15, 0.2) is 76.7 Å². The molecule has 0 saturated heterocycles. The smallest absolute Gasteiger partial charge is 0.331 e. The van der Waals surface area contributed by atoms with Crippen molar-refractivity contribution >= 4 is 22.8 Å². The van der Waals surface area contributed by atoms with Gasteiger partial charge in [0.15, 0.2) is 6.04 Å². The molecule has 1 aromatic heterocycles. The first-order valence-electron chi connectivity index (χ1n) is 8.02. The highest BCUT2D eigenvalue weighted by atomic mass is 16.5. The number of esters is 1. The molecule has 0 aliphatic heterocycles. The Morgan fingerprint density at radius 2 is 1.92 bits per heavy atom. The molecule has 1 atom stereocenters. The molecule has 1 unspecified atom stereocenters. The fourth-order valence-corrected chi connectivity index (χ4v) is 2.66. The van der Waals surface area contributed by atoms with Crippen LogP contribution in [0.5, 0.6) is 0 Å². The molecule has 0 saturated carbocycles. The second kappa shape index (κ2) is 7.62. The first-order chi connectivity index (χ1) is 12.2. The molecule has 1 heterocycles. The number of ether oxygens (including phenoxy) is 1. The quantitative estimate of drug-likeness (QED) is 0.668. The molecule has 3 aromatic rings. The summed E-state index contributed by atoms with van der Waals surface area (Å²) in [4.78, 5) is 16.8. The lowest BCUT2D eigenvalue weighted by Crippen LogP contribution is -2.26. The van der Waals surface area contributed by atoms with Crippen LogP contribution in [0, 0.1) is 0 Å². The third-order valence-corrected chi connectivity index (χ3v) is 3.92. The summed E-state index contributed by atoms with van der Waals surface area (Å²) in [5, 5.41) is 1.82. The van der Waals surface area contributed by atoms with E-state index < -0.39 is 12.0 Å². The molecule has 0 radical (unpaired) electrons. The minimum absolute atomic E-state index is 0.396. The van der Waals surface area contributed by atoms with Gasteiger partial charge in [-0.15, -0.1) is 0 Å². The Kier molecular flexibility index (Phi) is 5.09. The Hall–Kier alpha value is -3.14. The molecule has 4 nitrogen and oxygen atoms in total. The standard InChI is InChI=1S/C21H19NO3/c1-3-17-14-16-11-7-8-12-18(16)20(25-17)22-19(21(23)24-2)13-15-9-5-4-6-10-15/h3-12,14,19H,1,13H2,2H3. The lowest BCUT2D eigenvalue weighted by atomic mass is 10.1. The molecule has 25 heavy (non-hydrogen) atoms. The lowest BCUT2D eigenvalue weighted by molar-refractivity contribution is -0.142. The van der Waals surface area contributed by atoms with Crippen LogP contribution < -0.4 is 5.55 Å². The molecule has 0 fully saturated rings. The highest BCUT2D eigenvalue weighted by molar-refractivity contribution is 5.82. The van der Waals surface area contributed by atoms with Gasteiger partial charge in [0, 0.05) is 11.8 Å². The summed E-state index contributed by atoms with van der Waals surface area (Å²) < 4.78 is 10.7. The largest absolute Gasteiger partial charge is 0.467 e. The van der Waals surface area contributed by atoms with Gasteiger partial charge in [-0.3, -0.25) is 0 Å². The maximum absolute atomic E-state index is 12.2. The van der Waals surface area contributed by atoms with Gasteiger partial charge in [-0.1, -0.05) is 55.1 Å². The van der Waals surface area contributed by atoms with Gasteiger partial charge < -0.3 is 9.15 Å². The van der Waals surface area contributed by atoms with Crippen molar-refractivity contribution in [3.05, 3.63) is 84.1 Å². The summed E-state index contributed by atoms with van der Waals surface area (Å²) in [6, 6.07) is 18.7. The van der Waals surface area contributed by atoms with E-state index in [4.69, 9.17) is 9.15 Å². The molecule has 2 aromatic carbocycles. The first-order valence-corrected chi connectivity index (χ1v) is 8.02. The third kappa shape index (κ3) is 3.86. The van der Waals surface area contributed by atoms with Crippen LogP contribution in [0.3, 0.4) is 0 Å². The molecule has 0 aliphatic rings. The van der Waals surface area contributed by atoms with Crippen LogP contribution >= 0.6 is 0 Å². The maximum atomic E-state index is 12.2. The van der Waals surface area contributed by atoms with Crippen molar-refractivity contribution in [1.29, 1.82) is 0 Å². The SMILES string of the molecule is C=Cc1cc2ccccc2c(=NC(Cc2ccccc2)C(=O)OC)o1. The monoisotopic (exact) mass is 333 g/mol. The summed E-state index contributed by atoms with van der Waals surface area (Å²) in [5.41, 5.74) is 1.41. The number of carbonyl (C=O) groups excluding carboxylic acids is 1. The second-order valence-corrected chi connectivity index (χ2v) is 5.60. The first kappa shape index (κ1) is 16.7. The van der Waals surface area contributed by atoms with Crippen LogP contribution in [0.4, 0.5) is 0 Å². The third-order valence-electron chi connectivity index (χ3n) is 3.92. The van der Waals surface area contributed by atoms with Crippen LogP contribution in [0.2, 0.25) is 0 Å². The molecular formula is C21H19NO3. The number of hydrogen-bond donors (Lipinski definition) is 0. The summed E-state index contributed by atoms with van der Waals surface area (Å²) in [6.07, 6.45) is 2.06. The van der Waals surface area contributed by atoms with Gasteiger partial charge in [0.25, 0.3) is 0 Å². The van der Waals surface area contributed by atoms with Crippen molar-refractivity contribution in [2.45, 2.75) is 12.5 Å². The minimum atomic E-state index is -0.681. The van der Waals surface area contributed by atoms with Crippen LogP contribution in [-0.4, -0.2) is 19.1 Å². The van der Waals surface area contributed by atoms with Crippen LogP contribution in [0.1, 0.15) is 11.3 Å². The number of nitrogens with zero attached hydrogens (tertiary/aromatic N) is 1. The van der Waals surface area contributed by atoms with Crippen LogP contribution in [0.25, 0.3) is 16.8 Å². The predicted molar refractivity (Wildman–Crippen MR) is 97.8 cm³/mol. The van der Waals surface area contributed by atoms with Crippen molar-refractivity contribution in [3.8, 4) is 0 Å². The molecule has 0 aliphatic carbocycles. The van der Waals surface area contributed by atoms with E-state index in [1.165, 1.54) is 7.11 Å². The second-order valence-electron chi connectivity index (χ2n) is 5.60. The number of fused-ring (bicyclic) bond motifs is 1. The zero-order valence-electron chi connectivity index (χ0n) is 14.0. The number of benzene rings is 2. The highest BCUT2D eigenvalue weighted by Gasteiger charge is 2.19. The normalized spacial score (nSPS) is 12.8. The summed E-state index contributed by atoms with van der Waals surface area (Å²) in [5.74, 6) is 0.202. The predicted octanol–water partition coefficient (Wildman–Crippen LogP) is 3.76. The Bertz CT molecular complexity index is 958. The van der Waals surface area contributed by atoms with E-state index in [1.807, 2.05) is 60.7 Å². The van der Waals surface area contributed by atoms with E-state index in [-0.39, 0.29) is 0 Å². The van der Waals surface area contributed by atoms with E-state index in [1.54, 1.807) is 6.08 Å². The topological polar surface area (TPSA) is 51.8 Å². The van der Waals surface area contributed by atoms with E-state index in [2.05, 4.69) is 11.6 Å². The molecule has 0 bridgehead atoms. The molecule has 126 valence electrons. The summed E-state index contributed by atoms with van der Waals surface area (Å²) >= 11 is 0. The van der Waals surface area contributed by atoms with Gasteiger partial charge >= 0.3 is 5.97 Å². The van der Waals surface area contributed by atoms with E-state index in [0.717, 1.165) is 16.3 Å². The van der Waals surface area contributed by atoms with E-state index in [0.29, 0.717) is 17.7 Å². The van der Waals surface area contributed by atoms with E-state index >= 15 is 0 Å². The van der Waals surface area contributed by atoms with Crippen molar-refractivity contribution < 1.29 is 13.9 Å². The van der Waals surface area contributed by atoms with Gasteiger partial charge in [-0.25, -0.2) is 9.79 Å². The van der Waals surface area contributed by atoms with Gasteiger partial charge in [0.1, 0.15) is 5.76 Å².